The van der Waals surface area contributed by atoms with Crippen LogP contribution in [0, 0.1) is 0 Å². The molecule has 0 fully saturated rings. The van der Waals surface area contributed by atoms with Crippen LogP contribution >= 0.6 is 0 Å². The maximum atomic E-state index is 10.1. The second-order valence-corrected chi connectivity index (χ2v) is 4.16. The van der Waals surface area contributed by atoms with E-state index in [0.717, 1.165) is 38.1 Å². The van der Waals surface area contributed by atoms with Crippen LogP contribution in [0.1, 0.15) is 31.5 Å². The van der Waals surface area contributed by atoms with Gasteiger partial charge in [-0.1, -0.05) is 6.42 Å². The average Bonchev–Trinajstić information content (AvgIpc) is 2.90. The van der Waals surface area contributed by atoms with E-state index in [0.29, 0.717) is 13.0 Å². The maximum Gasteiger partial charge on any atom is 0.320 e. The second kappa shape index (κ2) is 11.6. The molecule has 0 aliphatic rings. The molecule has 0 aliphatic carbocycles. The summed E-state index contributed by atoms with van der Waals surface area (Å²) in [7, 11) is 0. The predicted octanol–water partition coefficient (Wildman–Crippen LogP) is -0.172. The number of aromatic nitrogens is 2. The summed E-state index contributed by atoms with van der Waals surface area (Å²) < 4.78 is 0. The SMILES string of the molecule is NCCCCC(N)C(=O)O.NCCCc1ncc[nH]1. The molecule has 1 rings (SSSR count). The summed E-state index contributed by atoms with van der Waals surface area (Å²) >= 11 is 0. The molecule has 0 aliphatic heterocycles. The Kier molecular flexibility index (Phi) is 10.8. The highest BCUT2D eigenvalue weighted by Gasteiger charge is 2.09. The van der Waals surface area contributed by atoms with Crippen LogP contribution in [0.4, 0.5) is 0 Å². The molecule has 1 atom stereocenters. The van der Waals surface area contributed by atoms with Gasteiger partial charge in [-0.15, -0.1) is 0 Å². The number of hydrogen-bond donors (Lipinski definition) is 5. The quantitative estimate of drug-likeness (QED) is 0.415. The highest BCUT2D eigenvalue weighted by atomic mass is 16.4. The average molecular weight is 271 g/mol. The number of nitrogens with one attached hydrogen (secondary N) is 1. The highest BCUT2D eigenvalue weighted by molar-refractivity contribution is 5.72. The van der Waals surface area contributed by atoms with Crippen molar-refractivity contribution in [3.63, 3.8) is 0 Å². The molecule has 110 valence electrons. The van der Waals surface area contributed by atoms with Gasteiger partial charge in [-0.2, -0.15) is 0 Å². The number of aliphatic carboxylic acids is 1. The van der Waals surface area contributed by atoms with Gasteiger partial charge in [0.15, 0.2) is 0 Å². The summed E-state index contributed by atoms with van der Waals surface area (Å²) in [5.74, 6) is 0.0949. The van der Waals surface area contributed by atoms with E-state index < -0.39 is 12.0 Å². The Morgan fingerprint density at radius 2 is 2.00 bits per heavy atom. The van der Waals surface area contributed by atoms with Crippen LogP contribution in [0.5, 0.6) is 0 Å². The molecule has 0 bridgehead atoms. The standard InChI is InChI=1S/C6H11N3.C6H14N2O2/c7-3-1-2-6-8-4-5-9-6;7-4-2-1-3-5(8)6(9)10/h4-5H,1-3,7H2,(H,8,9);5H,1-4,7-8H2,(H,9,10). The summed E-state index contributed by atoms with van der Waals surface area (Å²) in [6, 6.07) is -0.716. The number of imidazole rings is 1. The molecular formula is C12H25N5O2. The van der Waals surface area contributed by atoms with Crippen LogP contribution in [0.15, 0.2) is 12.4 Å². The first-order chi connectivity index (χ1) is 9.11. The Morgan fingerprint density at radius 1 is 1.32 bits per heavy atom. The normalized spacial score (nSPS) is 11.5. The molecule has 8 N–H and O–H groups in total. The number of carbonyl (C=O) groups is 1. The van der Waals surface area contributed by atoms with E-state index in [4.69, 9.17) is 22.3 Å². The number of rotatable bonds is 8. The Morgan fingerprint density at radius 3 is 2.47 bits per heavy atom. The molecule has 0 radical (unpaired) electrons. The molecule has 0 saturated carbocycles. The number of aryl methyl sites for hydroxylation is 1. The van der Waals surface area contributed by atoms with Gasteiger partial charge in [-0.05, 0) is 32.4 Å². The predicted molar refractivity (Wildman–Crippen MR) is 74.5 cm³/mol. The van der Waals surface area contributed by atoms with Crippen LogP contribution < -0.4 is 17.2 Å². The fourth-order valence-electron chi connectivity index (χ4n) is 1.34. The van der Waals surface area contributed by atoms with E-state index in [1.54, 1.807) is 6.20 Å². The zero-order chi connectivity index (χ0) is 14.5. The van der Waals surface area contributed by atoms with Crippen molar-refractivity contribution in [2.24, 2.45) is 17.2 Å². The monoisotopic (exact) mass is 271 g/mol. The number of carboxylic acid groups (broad SMARTS) is 1. The van der Waals surface area contributed by atoms with E-state index in [9.17, 15) is 4.79 Å². The van der Waals surface area contributed by atoms with Crippen molar-refractivity contribution in [2.75, 3.05) is 13.1 Å². The second-order valence-electron chi connectivity index (χ2n) is 4.16. The lowest BCUT2D eigenvalue weighted by Gasteiger charge is -2.03. The first-order valence-corrected chi connectivity index (χ1v) is 6.48. The molecule has 0 saturated heterocycles. The summed E-state index contributed by atoms with van der Waals surface area (Å²) in [6.07, 6.45) is 7.71. The molecular weight excluding hydrogens is 246 g/mol. The van der Waals surface area contributed by atoms with Crippen LogP contribution in [0.2, 0.25) is 0 Å². The zero-order valence-electron chi connectivity index (χ0n) is 11.2. The summed E-state index contributed by atoms with van der Waals surface area (Å²) in [6.45, 7) is 1.34. The fraction of sp³-hybridized carbons (Fsp3) is 0.667. The molecule has 0 aromatic carbocycles. The minimum atomic E-state index is -0.933. The third kappa shape index (κ3) is 10.2. The van der Waals surface area contributed by atoms with Gasteiger partial charge in [0.1, 0.15) is 11.9 Å². The lowest BCUT2D eigenvalue weighted by atomic mass is 10.1. The van der Waals surface area contributed by atoms with Crippen LogP contribution in [0.25, 0.3) is 0 Å². The number of unbranched alkanes of at least 4 members (excludes halogenated alkanes) is 1. The van der Waals surface area contributed by atoms with Gasteiger partial charge < -0.3 is 27.3 Å². The van der Waals surface area contributed by atoms with Crippen molar-refractivity contribution in [3.8, 4) is 0 Å². The van der Waals surface area contributed by atoms with Crippen molar-refractivity contribution < 1.29 is 9.90 Å². The smallest absolute Gasteiger partial charge is 0.320 e. The van der Waals surface area contributed by atoms with E-state index in [1.807, 2.05) is 6.20 Å². The highest BCUT2D eigenvalue weighted by Crippen LogP contribution is 1.97. The van der Waals surface area contributed by atoms with Crippen molar-refractivity contribution in [2.45, 2.75) is 38.1 Å². The molecule has 7 heteroatoms. The Hall–Kier alpha value is -1.44. The molecule has 19 heavy (non-hydrogen) atoms. The van der Waals surface area contributed by atoms with E-state index >= 15 is 0 Å². The molecule has 0 spiro atoms. The largest absolute Gasteiger partial charge is 0.480 e. The van der Waals surface area contributed by atoms with Crippen molar-refractivity contribution in [1.29, 1.82) is 0 Å². The van der Waals surface area contributed by atoms with Crippen LogP contribution in [-0.4, -0.2) is 40.2 Å². The molecule has 1 heterocycles. The third-order valence-electron chi connectivity index (χ3n) is 2.46. The first-order valence-electron chi connectivity index (χ1n) is 6.48. The molecule has 7 nitrogen and oxygen atoms in total. The minimum absolute atomic E-state index is 0.520. The van der Waals surface area contributed by atoms with E-state index in [1.165, 1.54) is 0 Å². The van der Waals surface area contributed by atoms with Gasteiger partial charge in [-0.3, -0.25) is 4.79 Å². The van der Waals surface area contributed by atoms with Crippen molar-refractivity contribution in [3.05, 3.63) is 18.2 Å². The fourth-order valence-corrected chi connectivity index (χ4v) is 1.34. The Balaban J connectivity index is 0.000000342. The summed E-state index contributed by atoms with van der Waals surface area (Å²) in [4.78, 5) is 17.2. The maximum absolute atomic E-state index is 10.1. The topological polar surface area (TPSA) is 144 Å². The lowest BCUT2D eigenvalue weighted by molar-refractivity contribution is -0.138. The van der Waals surface area contributed by atoms with E-state index in [-0.39, 0.29) is 0 Å². The summed E-state index contributed by atoms with van der Waals surface area (Å²) in [5, 5.41) is 8.33. The molecule has 1 aromatic rings. The van der Waals surface area contributed by atoms with Crippen molar-refractivity contribution >= 4 is 5.97 Å². The van der Waals surface area contributed by atoms with E-state index in [2.05, 4.69) is 9.97 Å². The van der Waals surface area contributed by atoms with Gasteiger partial charge in [0, 0.05) is 18.8 Å². The Bertz CT molecular complexity index is 316. The zero-order valence-corrected chi connectivity index (χ0v) is 11.2. The number of H-pyrrole nitrogens is 1. The number of hydrogen-bond acceptors (Lipinski definition) is 5. The van der Waals surface area contributed by atoms with Gasteiger partial charge in [-0.25, -0.2) is 4.98 Å². The van der Waals surface area contributed by atoms with Gasteiger partial charge >= 0.3 is 5.97 Å². The van der Waals surface area contributed by atoms with Gasteiger partial charge in [0.25, 0.3) is 0 Å². The minimum Gasteiger partial charge on any atom is -0.480 e. The molecule has 0 amide bonds. The first kappa shape index (κ1) is 17.6. The Labute approximate surface area is 113 Å². The number of carboxylic acids is 1. The third-order valence-corrected chi connectivity index (χ3v) is 2.46. The van der Waals surface area contributed by atoms with Crippen LogP contribution in [-0.2, 0) is 11.2 Å². The van der Waals surface area contributed by atoms with Crippen molar-refractivity contribution in [1.82, 2.24) is 9.97 Å². The summed E-state index contributed by atoms with van der Waals surface area (Å²) in [5.41, 5.74) is 15.7. The number of nitrogens with zero attached hydrogens (tertiary/aromatic N) is 1. The number of aromatic amines is 1. The van der Waals surface area contributed by atoms with Gasteiger partial charge in [0.2, 0.25) is 0 Å². The molecule has 1 unspecified atom stereocenters. The lowest BCUT2D eigenvalue weighted by Crippen LogP contribution is -2.29. The van der Waals surface area contributed by atoms with Crippen LogP contribution in [0.3, 0.4) is 0 Å². The molecule has 1 aromatic heterocycles. The number of nitrogens with two attached hydrogens (primary N) is 3. The van der Waals surface area contributed by atoms with Gasteiger partial charge in [0.05, 0.1) is 0 Å².